The van der Waals surface area contributed by atoms with Crippen molar-refractivity contribution in [3.8, 4) is 0 Å². The van der Waals surface area contributed by atoms with Gasteiger partial charge in [-0.25, -0.2) is 8.42 Å². The highest BCUT2D eigenvalue weighted by atomic mass is 32.2. The summed E-state index contributed by atoms with van der Waals surface area (Å²) in [6.07, 6.45) is 2.34. The molecular formula is C20H26N4O5S. The van der Waals surface area contributed by atoms with Gasteiger partial charge in [0.05, 0.1) is 4.90 Å². The minimum atomic E-state index is -3.92. The lowest BCUT2D eigenvalue weighted by Gasteiger charge is -2.31. The number of carbonyl (C=O) groups is 2. The number of amides is 2. The molecule has 3 rings (SSSR count). The first-order chi connectivity index (χ1) is 14.2. The molecule has 0 spiro atoms. The molecule has 2 heterocycles. The molecule has 2 aromatic rings. The van der Waals surface area contributed by atoms with Gasteiger partial charge in [0.25, 0.3) is 15.9 Å². The third-order valence-electron chi connectivity index (χ3n) is 4.91. The van der Waals surface area contributed by atoms with E-state index in [1.54, 1.807) is 6.92 Å². The van der Waals surface area contributed by atoms with E-state index in [0.29, 0.717) is 11.7 Å². The molecule has 30 heavy (non-hydrogen) atoms. The number of anilines is 1. The molecule has 0 radical (unpaired) electrons. The monoisotopic (exact) mass is 434 g/mol. The van der Waals surface area contributed by atoms with Gasteiger partial charge in [-0.1, -0.05) is 18.1 Å². The van der Waals surface area contributed by atoms with E-state index in [2.05, 4.69) is 22.1 Å². The molecular weight excluding hydrogens is 408 g/mol. The number of aryl methyl sites for hydroxylation is 1. The predicted octanol–water partition coefficient (Wildman–Crippen LogP) is 2.16. The maximum absolute atomic E-state index is 12.5. The first kappa shape index (κ1) is 21.8. The number of hydrogen-bond donors (Lipinski definition) is 2. The second-order valence-corrected chi connectivity index (χ2v) is 9.23. The summed E-state index contributed by atoms with van der Waals surface area (Å²) in [6, 6.07) is 7.11. The summed E-state index contributed by atoms with van der Waals surface area (Å²) in [5.41, 5.74) is 0.188. The lowest BCUT2D eigenvalue weighted by molar-refractivity contribution is -0.132. The van der Waals surface area contributed by atoms with Gasteiger partial charge in [-0.2, -0.15) is 0 Å². The van der Waals surface area contributed by atoms with Gasteiger partial charge in [-0.3, -0.25) is 14.3 Å². The fraction of sp³-hybridized carbons (Fsp3) is 0.450. The number of aromatic nitrogens is 1. The number of nitrogens with zero attached hydrogens (tertiary/aromatic N) is 2. The smallest absolute Gasteiger partial charge is 0.263 e. The molecule has 2 N–H and O–H groups in total. The average Bonchev–Trinajstić information content (AvgIpc) is 3.11. The fourth-order valence-corrected chi connectivity index (χ4v) is 4.40. The summed E-state index contributed by atoms with van der Waals surface area (Å²) in [7, 11) is -3.92. The minimum Gasteiger partial charge on any atom is -0.360 e. The van der Waals surface area contributed by atoms with Gasteiger partial charge in [-0.05, 0) is 43.9 Å². The standard InChI is InChI=1S/C20H26N4O5S/c1-14-5-4-10-24(13-14)19(25)8-9-21-20(26)16-6-3-7-17(12-16)30(27,28)23-18-11-15(2)29-22-18/h3,6-7,11-12,14H,4-5,8-10,13H2,1-2H3,(H,21,26)(H,22,23). The molecule has 162 valence electrons. The largest absolute Gasteiger partial charge is 0.360 e. The van der Waals surface area contributed by atoms with Crippen LogP contribution in [-0.4, -0.2) is 49.9 Å². The second kappa shape index (κ2) is 9.29. The van der Waals surface area contributed by atoms with Crippen molar-refractivity contribution in [2.45, 2.75) is 38.0 Å². The molecule has 1 aliphatic rings. The summed E-state index contributed by atoms with van der Waals surface area (Å²) in [4.78, 5) is 26.5. The molecule has 0 aliphatic carbocycles. The number of likely N-dealkylation sites (tertiary alicyclic amines) is 1. The summed E-state index contributed by atoms with van der Waals surface area (Å²) in [6.45, 7) is 5.48. The molecule has 1 aromatic carbocycles. The SMILES string of the molecule is Cc1cc(NS(=O)(=O)c2cccc(C(=O)NCCC(=O)N3CCCC(C)C3)c2)no1. The van der Waals surface area contributed by atoms with E-state index in [1.165, 1.54) is 30.3 Å². The zero-order valence-electron chi connectivity index (χ0n) is 17.1. The van der Waals surface area contributed by atoms with Gasteiger partial charge in [0, 0.05) is 37.7 Å². The van der Waals surface area contributed by atoms with Gasteiger partial charge in [-0.15, -0.1) is 0 Å². The average molecular weight is 435 g/mol. The highest BCUT2D eigenvalue weighted by molar-refractivity contribution is 7.92. The topological polar surface area (TPSA) is 122 Å². The van der Waals surface area contributed by atoms with Gasteiger partial charge in [0.15, 0.2) is 5.82 Å². The van der Waals surface area contributed by atoms with E-state index in [0.717, 1.165) is 25.9 Å². The number of rotatable bonds is 7. The van der Waals surface area contributed by atoms with E-state index < -0.39 is 15.9 Å². The Kier molecular flexibility index (Phi) is 6.76. The molecule has 1 saturated heterocycles. The van der Waals surface area contributed by atoms with Crippen molar-refractivity contribution in [3.63, 3.8) is 0 Å². The van der Waals surface area contributed by atoms with Crippen molar-refractivity contribution in [2.75, 3.05) is 24.4 Å². The van der Waals surface area contributed by atoms with E-state index in [4.69, 9.17) is 4.52 Å². The van der Waals surface area contributed by atoms with E-state index in [-0.39, 0.29) is 35.1 Å². The minimum absolute atomic E-state index is 0.0188. The molecule has 1 aromatic heterocycles. The van der Waals surface area contributed by atoms with Crippen LogP contribution in [0.5, 0.6) is 0 Å². The predicted molar refractivity (Wildman–Crippen MR) is 110 cm³/mol. The van der Waals surface area contributed by atoms with Crippen molar-refractivity contribution in [1.82, 2.24) is 15.4 Å². The number of piperidine rings is 1. The Balaban J connectivity index is 1.57. The highest BCUT2D eigenvalue weighted by Gasteiger charge is 2.21. The van der Waals surface area contributed by atoms with Crippen molar-refractivity contribution in [1.29, 1.82) is 0 Å². The van der Waals surface area contributed by atoms with Crippen LogP contribution < -0.4 is 10.0 Å². The molecule has 1 unspecified atom stereocenters. The maximum atomic E-state index is 12.5. The van der Waals surface area contributed by atoms with Crippen molar-refractivity contribution in [2.24, 2.45) is 5.92 Å². The molecule has 10 heteroatoms. The van der Waals surface area contributed by atoms with Gasteiger partial charge >= 0.3 is 0 Å². The van der Waals surface area contributed by atoms with Crippen LogP contribution in [0.3, 0.4) is 0 Å². The van der Waals surface area contributed by atoms with Crippen LogP contribution in [0.15, 0.2) is 39.8 Å². The molecule has 0 bridgehead atoms. The van der Waals surface area contributed by atoms with E-state index in [9.17, 15) is 18.0 Å². The first-order valence-corrected chi connectivity index (χ1v) is 11.3. The molecule has 1 fully saturated rings. The summed E-state index contributed by atoms with van der Waals surface area (Å²) in [5, 5.41) is 6.29. The number of sulfonamides is 1. The zero-order chi connectivity index (χ0) is 21.7. The van der Waals surface area contributed by atoms with Crippen LogP contribution in [0, 0.1) is 12.8 Å². The van der Waals surface area contributed by atoms with E-state index in [1.807, 2.05) is 4.90 Å². The first-order valence-electron chi connectivity index (χ1n) is 9.87. The second-order valence-electron chi connectivity index (χ2n) is 7.55. The van der Waals surface area contributed by atoms with Crippen LogP contribution >= 0.6 is 0 Å². The summed E-state index contributed by atoms with van der Waals surface area (Å²) < 4.78 is 32.2. The third-order valence-corrected chi connectivity index (χ3v) is 6.26. The number of carbonyl (C=O) groups excluding carboxylic acids is 2. The van der Waals surface area contributed by atoms with Gasteiger partial charge < -0.3 is 14.7 Å². The quantitative estimate of drug-likeness (QED) is 0.689. The zero-order valence-corrected chi connectivity index (χ0v) is 17.9. The summed E-state index contributed by atoms with van der Waals surface area (Å²) >= 11 is 0. The van der Waals surface area contributed by atoms with Crippen LogP contribution in [0.1, 0.15) is 42.3 Å². The lowest BCUT2D eigenvalue weighted by atomic mass is 10.00. The van der Waals surface area contributed by atoms with Crippen molar-refractivity contribution < 1.29 is 22.5 Å². The molecule has 2 amide bonds. The molecule has 1 aliphatic heterocycles. The molecule has 1 atom stereocenters. The number of hydrogen-bond acceptors (Lipinski definition) is 6. The fourth-order valence-electron chi connectivity index (χ4n) is 3.37. The lowest BCUT2D eigenvalue weighted by Crippen LogP contribution is -2.40. The van der Waals surface area contributed by atoms with Crippen LogP contribution in [0.25, 0.3) is 0 Å². The van der Waals surface area contributed by atoms with E-state index >= 15 is 0 Å². The Labute approximate surface area is 175 Å². The highest BCUT2D eigenvalue weighted by Crippen LogP contribution is 2.18. The Bertz CT molecular complexity index is 1020. The van der Waals surface area contributed by atoms with Crippen LogP contribution in [0.2, 0.25) is 0 Å². The van der Waals surface area contributed by atoms with Crippen LogP contribution in [-0.2, 0) is 14.8 Å². The van der Waals surface area contributed by atoms with Gasteiger partial charge in [0.2, 0.25) is 5.91 Å². The normalized spacial score (nSPS) is 16.9. The Morgan fingerprint density at radius 1 is 1.30 bits per heavy atom. The van der Waals surface area contributed by atoms with Crippen molar-refractivity contribution in [3.05, 3.63) is 41.7 Å². The van der Waals surface area contributed by atoms with Crippen LogP contribution in [0.4, 0.5) is 5.82 Å². The number of nitrogens with one attached hydrogen (secondary N) is 2. The maximum Gasteiger partial charge on any atom is 0.263 e. The molecule has 0 saturated carbocycles. The molecule has 9 nitrogen and oxygen atoms in total. The Hall–Kier alpha value is -2.88. The number of benzene rings is 1. The van der Waals surface area contributed by atoms with Crippen molar-refractivity contribution >= 4 is 27.7 Å². The Morgan fingerprint density at radius 3 is 2.80 bits per heavy atom. The third kappa shape index (κ3) is 5.59. The van der Waals surface area contributed by atoms with Gasteiger partial charge in [0.1, 0.15) is 5.76 Å². The Morgan fingerprint density at radius 2 is 2.10 bits per heavy atom. The summed E-state index contributed by atoms with van der Waals surface area (Å²) in [5.74, 6) is 0.605.